The van der Waals surface area contributed by atoms with Crippen molar-refractivity contribution in [2.75, 3.05) is 5.88 Å². The molecule has 0 N–H and O–H groups in total. The van der Waals surface area contributed by atoms with E-state index in [1.54, 1.807) is 0 Å². The van der Waals surface area contributed by atoms with Crippen LogP contribution in [-0.4, -0.2) is 15.4 Å². The minimum Gasteiger partial charge on any atom is -0.325 e. The summed E-state index contributed by atoms with van der Waals surface area (Å²) in [4.78, 5) is 4.86. The molecule has 3 unspecified atom stereocenters. The molecular formula is C17H22ClIN2. The molecule has 1 aliphatic carbocycles. The molecule has 3 atom stereocenters. The third-order valence-electron chi connectivity index (χ3n) is 4.98. The van der Waals surface area contributed by atoms with Gasteiger partial charge >= 0.3 is 0 Å². The molecule has 0 amide bonds. The summed E-state index contributed by atoms with van der Waals surface area (Å²) in [5, 5.41) is 0. The van der Waals surface area contributed by atoms with Gasteiger partial charge in [-0.3, -0.25) is 0 Å². The highest BCUT2D eigenvalue weighted by atomic mass is 127. The van der Waals surface area contributed by atoms with Gasteiger partial charge in [-0.15, -0.1) is 11.6 Å². The smallest absolute Gasteiger partial charge is 0.111 e. The fourth-order valence-electron chi connectivity index (χ4n) is 3.54. The molecule has 0 spiro atoms. The van der Waals surface area contributed by atoms with Crippen molar-refractivity contribution >= 4 is 45.2 Å². The summed E-state index contributed by atoms with van der Waals surface area (Å²) in [5.74, 6) is 3.43. The van der Waals surface area contributed by atoms with E-state index < -0.39 is 0 Å². The van der Waals surface area contributed by atoms with Gasteiger partial charge in [-0.25, -0.2) is 4.98 Å². The van der Waals surface area contributed by atoms with Gasteiger partial charge in [0.15, 0.2) is 0 Å². The summed E-state index contributed by atoms with van der Waals surface area (Å²) in [6.45, 7) is 4.77. The monoisotopic (exact) mass is 416 g/mol. The number of imidazole rings is 1. The molecule has 114 valence electrons. The first-order valence-corrected chi connectivity index (χ1v) is 9.43. The van der Waals surface area contributed by atoms with Crippen LogP contribution in [0.2, 0.25) is 0 Å². The van der Waals surface area contributed by atoms with Crippen LogP contribution in [0.15, 0.2) is 18.2 Å². The molecular weight excluding hydrogens is 395 g/mol. The van der Waals surface area contributed by atoms with Crippen LogP contribution in [0.5, 0.6) is 0 Å². The lowest BCUT2D eigenvalue weighted by atomic mass is 9.79. The Morgan fingerprint density at radius 2 is 2.10 bits per heavy atom. The summed E-state index contributed by atoms with van der Waals surface area (Å²) < 4.78 is 3.73. The van der Waals surface area contributed by atoms with E-state index in [9.17, 15) is 0 Å². The zero-order chi connectivity index (χ0) is 15.0. The number of alkyl halides is 1. The van der Waals surface area contributed by atoms with Crippen molar-refractivity contribution in [2.45, 2.75) is 45.6 Å². The molecule has 1 fully saturated rings. The molecule has 3 rings (SSSR count). The Kier molecular flexibility index (Phi) is 4.79. The second kappa shape index (κ2) is 6.45. The Bertz CT molecular complexity index is 637. The molecule has 1 aromatic heterocycles. The molecule has 4 heteroatoms. The Morgan fingerprint density at radius 1 is 1.29 bits per heavy atom. The Hall–Kier alpha value is -0.290. The van der Waals surface area contributed by atoms with Crippen molar-refractivity contribution in [1.82, 2.24) is 9.55 Å². The summed E-state index contributed by atoms with van der Waals surface area (Å²) in [5.41, 5.74) is 2.40. The first-order chi connectivity index (χ1) is 10.1. The summed E-state index contributed by atoms with van der Waals surface area (Å²) >= 11 is 8.36. The first-order valence-electron chi connectivity index (χ1n) is 7.82. The maximum atomic E-state index is 6.00. The quantitative estimate of drug-likeness (QED) is 0.482. The van der Waals surface area contributed by atoms with Gasteiger partial charge in [0, 0.05) is 21.9 Å². The van der Waals surface area contributed by atoms with E-state index in [0.29, 0.717) is 11.9 Å². The lowest BCUT2D eigenvalue weighted by Crippen LogP contribution is -2.24. The predicted octanol–water partition coefficient (Wildman–Crippen LogP) is 5.42. The highest BCUT2D eigenvalue weighted by molar-refractivity contribution is 14.1. The first kappa shape index (κ1) is 15.6. The molecule has 21 heavy (non-hydrogen) atoms. The Labute approximate surface area is 145 Å². The van der Waals surface area contributed by atoms with Crippen molar-refractivity contribution in [3.8, 4) is 0 Å². The van der Waals surface area contributed by atoms with Gasteiger partial charge in [-0.05, 0) is 71.9 Å². The minimum atomic E-state index is 0.583. The van der Waals surface area contributed by atoms with Gasteiger partial charge in [0.25, 0.3) is 0 Å². The maximum absolute atomic E-state index is 6.00. The van der Waals surface area contributed by atoms with Crippen LogP contribution >= 0.6 is 34.2 Å². The molecule has 0 bridgehead atoms. The maximum Gasteiger partial charge on any atom is 0.111 e. The number of hydrogen-bond donors (Lipinski definition) is 0. The second-order valence-electron chi connectivity index (χ2n) is 6.39. The van der Waals surface area contributed by atoms with Gasteiger partial charge in [0.1, 0.15) is 5.82 Å². The zero-order valence-electron chi connectivity index (χ0n) is 12.6. The van der Waals surface area contributed by atoms with Gasteiger partial charge < -0.3 is 4.57 Å². The number of benzene rings is 1. The SMILES string of the molecule is CC1CCC(n2c(CCCl)nc3cc(I)ccc32)CC1C. The molecule has 0 saturated heterocycles. The molecule has 1 aromatic carbocycles. The topological polar surface area (TPSA) is 17.8 Å². The highest BCUT2D eigenvalue weighted by Crippen LogP contribution is 2.38. The van der Waals surface area contributed by atoms with Crippen molar-refractivity contribution in [2.24, 2.45) is 11.8 Å². The number of hydrogen-bond acceptors (Lipinski definition) is 1. The molecule has 0 radical (unpaired) electrons. The van der Waals surface area contributed by atoms with Crippen LogP contribution in [-0.2, 0) is 6.42 Å². The van der Waals surface area contributed by atoms with E-state index in [1.807, 2.05) is 0 Å². The van der Waals surface area contributed by atoms with Crippen LogP contribution in [0, 0.1) is 15.4 Å². The predicted molar refractivity (Wildman–Crippen MR) is 98.1 cm³/mol. The number of aryl methyl sites for hydroxylation is 1. The van der Waals surface area contributed by atoms with Crippen molar-refractivity contribution in [3.05, 3.63) is 27.6 Å². The molecule has 1 heterocycles. The van der Waals surface area contributed by atoms with Crippen LogP contribution in [0.3, 0.4) is 0 Å². The number of nitrogens with zero attached hydrogens (tertiary/aromatic N) is 2. The van der Waals surface area contributed by atoms with Crippen molar-refractivity contribution in [3.63, 3.8) is 0 Å². The Morgan fingerprint density at radius 3 is 2.81 bits per heavy atom. The lowest BCUT2D eigenvalue weighted by molar-refractivity contribution is 0.211. The van der Waals surface area contributed by atoms with Gasteiger partial charge in [-0.1, -0.05) is 13.8 Å². The highest BCUT2D eigenvalue weighted by Gasteiger charge is 2.28. The lowest BCUT2D eigenvalue weighted by Gasteiger charge is -2.34. The average molecular weight is 417 g/mol. The van der Waals surface area contributed by atoms with Gasteiger partial charge in [0.2, 0.25) is 0 Å². The third-order valence-corrected chi connectivity index (χ3v) is 5.84. The zero-order valence-corrected chi connectivity index (χ0v) is 15.6. The largest absolute Gasteiger partial charge is 0.325 e. The van der Waals surface area contributed by atoms with Crippen LogP contribution in [0.4, 0.5) is 0 Å². The van der Waals surface area contributed by atoms with Gasteiger partial charge in [0.05, 0.1) is 11.0 Å². The van der Waals surface area contributed by atoms with Crippen LogP contribution in [0.1, 0.15) is 45.0 Å². The number of aromatic nitrogens is 2. The van der Waals surface area contributed by atoms with Crippen molar-refractivity contribution in [1.29, 1.82) is 0 Å². The molecule has 0 aliphatic heterocycles. The number of halogens is 2. The Balaban J connectivity index is 2.04. The molecule has 2 nitrogen and oxygen atoms in total. The molecule has 1 aliphatic rings. The normalized spacial score (nSPS) is 26.4. The fraction of sp³-hybridized carbons (Fsp3) is 0.588. The van der Waals surface area contributed by atoms with Crippen molar-refractivity contribution < 1.29 is 0 Å². The summed E-state index contributed by atoms with van der Waals surface area (Å²) in [6.07, 6.45) is 4.69. The van der Waals surface area contributed by atoms with E-state index in [1.165, 1.54) is 28.3 Å². The molecule has 2 aromatic rings. The van der Waals surface area contributed by atoms with E-state index in [-0.39, 0.29) is 0 Å². The number of rotatable bonds is 3. The fourth-order valence-corrected chi connectivity index (χ4v) is 4.19. The van der Waals surface area contributed by atoms with E-state index in [0.717, 1.165) is 29.6 Å². The standard InChI is InChI=1S/C17H22ClIN2/c1-11-3-5-14(9-12(11)2)21-16-6-4-13(19)10-15(16)20-17(21)7-8-18/h4,6,10-12,14H,3,5,7-9H2,1-2H3. The van der Waals surface area contributed by atoms with E-state index in [4.69, 9.17) is 16.6 Å². The number of fused-ring (bicyclic) bond motifs is 1. The third kappa shape index (κ3) is 3.09. The summed E-state index contributed by atoms with van der Waals surface area (Å²) in [6, 6.07) is 7.17. The average Bonchev–Trinajstić information content (AvgIpc) is 2.79. The minimum absolute atomic E-state index is 0.583. The second-order valence-corrected chi connectivity index (χ2v) is 8.02. The summed E-state index contributed by atoms with van der Waals surface area (Å²) in [7, 11) is 0. The van der Waals surface area contributed by atoms with Gasteiger partial charge in [-0.2, -0.15) is 0 Å². The van der Waals surface area contributed by atoms with Crippen LogP contribution < -0.4 is 0 Å². The van der Waals surface area contributed by atoms with Crippen LogP contribution in [0.25, 0.3) is 11.0 Å². The van der Waals surface area contributed by atoms with E-state index >= 15 is 0 Å². The van der Waals surface area contributed by atoms with E-state index in [2.05, 4.69) is 59.2 Å². The molecule has 1 saturated carbocycles.